The van der Waals surface area contributed by atoms with Gasteiger partial charge in [0, 0.05) is 11.3 Å². The van der Waals surface area contributed by atoms with Gasteiger partial charge >= 0.3 is 0 Å². The molecule has 0 aliphatic rings. The molecule has 0 heterocycles. The smallest absolute Gasteiger partial charge is 0.253 e. The first-order valence-corrected chi connectivity index (χ1v) is 10.5. The van der Waals surface area contributed by atoms with Crippen molar-refractivity contribution in [3.63, 3.8) is 0 Å². The first-order chi connectivity index (χ1) is 14.6. The number of hydrogen-bond acceptors (Lipinski definition) is 5. The number of para-hydroxylation sites is 1. The van der Waals surface area contributed by atoms with Crippen LogP contribution in [0.3, 0.4) is 0 Å². The number of aryl methyl sites for hydroxylation is 1. The summed E-state index contributed by atoms with van der Waals surface area (Å²) in [6, 6.07) is 10.5. The van der Waals surface area contributed by atoms with Crippen molar-refractivity contribution in [2.45, 2.75) is 16.9 Å². The zero-order chi connectivity index (χ0) is 23.2. The average Bonchev–Trinajstić information content (AvgIpc) is 2.72. The zero-order valence-corrected chi connectivity index (χ0v) is 20.3. The van der Waals surface area contributed by atoms with E-state index in [1.54, 1.807) is 0 Å². The number of alkyl halides is 3. The third-order valence-corrected chi connectivity index (χ3v) is 5.07. The quantitative estimate of drug-likeness (QED) is 0.291. The second-order valence-corrected chi connectivity index (χ2v) is 9.05. The third kappa shape index (κ3) is 6.67. The fourth-order valence-corrected chi connectivity index (χ4v) is 3.18. The molecule has 0 aliphatic carbocycles. The summed E-state index contributed by atoms with van der Waals surface area (Å²) in [6.45, 7) is 1.92. The zero-order valence-electron chi connectivity index (χ0n) is 17.2. The summed E-state index contributed by atoms with van der Waals surface area (Å²) >= 11 is 23.5. The first-order valence-electron chi connectivity index (χ1n) is 8.91. The van der Waals surface area contributed by atoms with Gasteiger partial charge in [0.05, 0.1) is 21.3 Å². The van der Waals surface area contributed by atoms with E-state index in [0.29, 0.717) is 17.2 Å². The van der Waals surface area contributed by atoms with Crippen molar-refractivity contribution in [3.8, 4) is 17.2 Å². The van der Waals surface area contributed by atoms with Gasteiger partial charge in [-0.15, -0.1) is 0 Å². The van der Waals surface area contributed by atoms with E-state index >= 15 is 0 Å². The Balaban J connectivity index is 2.22. The number of amides is 1. The van der Waals surface area contributed by atoms with Gasteiger partial charge in [0.1, 0.15) is 6.17 Å². The number of carbonyl (C=O) groups is 1. The number of rotatable bonds is 7. The van der Waals surface area contributed by atoms with Crippen molar-refractivity contribution >= 4 is 63.7 Å². The second-order valence-electron chi connectivity index (χ2n) is 6.28. The predicted molar refractivity (Wildman–Crippen MR) is 128 cm³/mol. The minimum atomic E-state index is -1.91. The molecule has 7 nitrogen and oxygen atoms in total. The Morgan fingerprint density at radius 2 is 1.58 bits per heavy atom. The lowest BCUT2D eigenvalue weighted by atomic mass is 10.1. The van der Waals surface area contributed by atoms with Crippen LogP contribution in [0, 0.1) is 6.92 Å². The van der Waals surface area contributed by atoms with Crippen LogP contribution in [0.4, 0.5) is 5.69 Å². The maximum Gasteiger partial charge on any atom is 0.253 e. The lowest BCUT2D eigenvalue weighted by Gasteiger charge is -2.28. The van der Waals surface area contributed by atoms with Gasteiger partial charge in [-0.2, -0.15) is 0 Å². The van der Waals surface area contributed by atoms with Gasteiger partial charge in [-0.05, 0) is 42.9 Å². The van der Waals surface area contributed by atoms with Crippen molar-refractivity contribution in [1.82, 2.24) is 10.6 Å². The summed E-state index contributed by atoms with van der Waals surface area (Å²) in [4.78, 5) is 12.9. The molecule has 11 heteroatoms. The molecule has 2 aromatic carbocycles. The van der Waals surface area contributed by atoms with Crippen LogP contribution in [0.2, 0.25) is 0 Å². The molecular weight excluding hydrogens is 485 g/mol. The molecule has 0 radical (unpaired) electrons. The Kier molecular flexibility index (Phi) is 8.88. The van der Waals surface area contributed by atoms with Gasteiger partial charge in [-0.3, -0.25) is 4.79 Å². The van der Waals surface area contributed by atoms with Crippen LogP contribution >= 0.6 is 47.0 Å². The molecule has 0 fully saturated rings. The summed E-state index contributed by atoms with van der Waals surface area (Å²) < 4.78 is 13.9. The Morgan fingerprint density at radius 3 is 2.06 bits per heavy atom. The molecule has 31 heavy (non-hydrogen) atoms. The van der Waals surface area contributed by atoms with Crippen molar-refractivity contribution in [2.24, 2.45) is 0 Å². The van der Waals surface area contributed by atoms with E-state index in [0.717, 1.165) is 11.3 Å². The van der Waals surface area contributed by atoms with E-state index in [-0.39, 0.29) is 10.7 Å². The molecule has 1 amide bonds. The van der Waals surface area contributed by atoms with Gasteiger partial charge in [0.25, 0.3) is 5.91 Å². The molecule has 0 saturated heterocycles. The van der Waals surface area contributed by atoms with Crippen LogP contribution in [0.5, 0.6) is 17.2 Å². The van der Waals surface area contributed by atoms with E-state index in [9.17, 15) is 4.79 Å². The Morgan fingerprint density at radius 1 is 1.00 bits per heavy atom. The largest absolute Gasteiger partial charge is 0.493 e. The molecule has 2 rings (SSSR count). The Hall–Kier alpha value is -2.13. The number of anilines is 1. The highest BCUT2D eigenvalue weighted by Gasteiger charge is 2.35. The van der Waals surface area contributed by atoms with Gasteiger partial charge in [0.15, 0.2) is 16.6 Å². The van der Waals surface area contributed by atoms with Crippen LogP contribution in [0.25, 0.3) is 0 Å². The molecule has 2 aromatic rings. The summed E-state index contributed by atoms with van der Waals surface area (Å²) in [7, 11) is 4.35. The number of carbonyl (C=O) groups excluding carboxylic acids is 1. The minimum absolute atomic E-state index is 0.163. The molecule has 0 saturated carbocycles. The lowest BCUT2D eigenvalue weighted by molar-refractivity contribution is 0.0933. The molecule has 0 unspecified atom stereocenters. The number of halogens is 3. The standard InChI is InChI=1S/C20H22Cl3N3O4S/c1-11-7-5-6-8-13(11)24-19(31)26-18(20(21,22)23)25-17(27)12-9-14(28-2)16(30-4)15(10-12)29-3/h5-10,18H,1-4H3,(H,25,27)(H2,24,26,31)/t18-/m0/s1. The predicted octanol–water partition coefficient (Wildman–Crippen LogP) is 4.43. The molecule has 3 N–H and O–H groups in total. The molecule has 1 atom stereocenters. The minimum Gasteiger partial charge on any atom is -0.493 e. The summed E-state index contributed by atoms with van der Waals surface area (Å²) in [6.07, 6.45) is -1.15. The topological polar surface area (TPSA) is 80.9 Å². The van der Waals surface area contributed by atoms with Crippen molar-refractivity contribution in [1.29, 1.82) is 0 Å². The van der Waals surface area contributed by atoms with Gasteiger partial charge in [-0.1, -0.05) is 53.0 Å². The van der Waals surface area contributed by atoms with Gasteiger partial charge < -0.3 is 30.2 Å². The third-order valence-electron chi connectivity index (χ3n) is 4.20. The monoisotopic (exact) mass is 505 g/mol. The number of nitrogens with one attached hydrogen (secondary N) is 3. The highest BCUT2D eigenvalue weighted by molar-refractivity contribution is 7.80. The number of thiocarbonyl (C=S) groups is 1. The van der Waals surface area contributed by atoms with Crippen LogP contribution in [0.15, 0.2) is 36.4 Å². The summed E-state index contributed by atoms with van der Waals surface area (Å²) in [5, 5.41) is 8.61. The number of benzene rings is 2. The van der Waals surface area contributed by atoms with Crippen LogP contribution in [-0.4, -0.2) is 42.3 Å². The molecule has 0 aliphatic heterocycles. The van der Waals surface area contributed by atoms with E-state index in [2.05, 4.69) is 16.0 Å². The molecular formula is C20H22Cl3N3O4S. The van der Waals surface area contributed by atoms with Crippen molar-refractivity contribution < 1.29 is 19.0 Å². The van der Waals surface area contributed by atoms with Crippen molar-refractivity contribution in [3.05, 3.63) is 47.5 Å². The fraction of sp³-hybridized carbons (Fsp3) is 0.300. The lowest BCUT2D eigenvalue weighted by Crippen LogP contribution is -2.56. The van der Waals surface area contributed by atoms with E-state index in [4.69, 9.17) is 61.2 Å². The average molecular weight is 507 g/mol. The van der Waals surface area contributed by atoms with E-state index in [1.807, 2.05) is 31.2 Å². The maximum atomic E-state index is 12.9. The normalized spacial score (nSPS) is 11.8. The number of methoxy groups -OCH3 is 3. The Labute approximate surface area is 201 Å². The number of hydrogen-bond donors (Lipinski definition) is 3. The van der Waals surface area contributed by atoms with Gasteiger partial charge in [0.2, 0.25) is 9.54 Å². The van der Waals surface area contributed by atoms with E-state index < -0.39 is 15.9 Å². The second kappa shape index (κ2) is 10.9. The molecule has 0 aromatic heterocycles. The summed E-state index contributed by atoms with van der Waals surface area (Å²) in [5.74, 6) is 0.409. The molecule has 0 bridgehead atoms. The molecule has 168 valence electrons. The maximum absolute atomic E-state index is 12.9. The Bertz CT molecular complexity index is 929. The highest BCUT2D eigenvalue weighted by atomic mass is 35.6. The first kappa shape index (κ1) is 25.1. The van der Waals surface area contributed by atoms with Crippen LogP contribution in [0.1, 0.15) is 15.9 Å². The summed E-state index contributed by atoms with van der Waals surface area (Å²) in [5.41, 5.74) is 1.95. The fourth-order valence-electron chi connectivity index (χ4n) is 2.63. The molecule has 0 spiro atoms. The van der Waals surface area contributed by atoms with Crippen molar-refractivity contribution in [2.75, 3.05) is 26.6 Å². The highest BCUT2D eigenvalue weighted by Crippen LogP contribution is 2.38. The SMILES string of the molecule is COc1cc(C(=O)N[C@@H](NC(=S)Nc2ccccc2C)C(Cl)(Cl)Cl)cc(OC)c1OC. The van der Waals surface area contributed by atoms with Crippen LogP contribution < -0.4 is 30.2 Å². The van der Waals surface area contributed by atoms with E-state index in [1.165, 1.54) is 33.5 Å². The van der Waals surface area contributed by atoms with Gasteiger partial charge in [-0.25, -0.2) is 0 Å². The van der Waals surface area contributed by atoms with Crippen LogP contribution in [-0.2, 0) is 0 Å². The number of ether oxygens (including phenoxy) is 3.